The Hall–Kier alpha value is -1.59. The van der Waals surface area contributed by atoms with Gasteiger partial charge < -0.3 is 21.7 Å². The highest BCUT2D eigenvalue weighted by molar-refractivity contribution is 5.03. The van der Waals surface area contributed by atoms with Crippen molar-refractivity contribution in [1.82, 2.24) is 15.2 Å². The number of nitrogens with one attached hydrogen (secondary N) is 1. The fourth-order valence-corrected chi connectivity index (χ4v) is 1.42. The van der Waals surface area contributed by atoms with E-state index < -0.39 is 0 Å². The topological polar surface area (TPSA) is 80.2 Å². The van der Waals surface area contributed by atoms with Crippen molar-refractivity contribution < 1.29 is 0 Å². The summed E-state index contributed by atoms with van der Waals surface area (Å²) in [6, 6.07) is 5.87. The number of aromatic nitrogens is 1. The van der Waals surface area contributed by atoms with Crippen molar-refractivity contribution in [1.29, 1.82) is 0 Å². The van der Waals surface area contributed by atoms with Crippen LogP contribution in [0.2, 0.25) is 0 Å². The largest absolute Gasteiger partial charge is 0.384 e. The molecule has 5 nitrogen and oxygen atoms in total. The molecule has 0 unspecified atom stereocenters. The summed E-state index contributed by atoms with van der Waals surface area (Å²) in [6.07, 6.45) is 5.67. The molecule has 1 aromatic heterocycles. The third kappa shape index (κ3) is 5.89. The molecule has 0 aliphatic heterocycles. The minimum Gasteiger partial charge on any atom is -0.384 e. The van der Waals surface area contributed by atoms with E-state index in [1.165, 1.54) is 0 Å². The van der Waals surface area contributed by atoms with Crippen LogP contribution in [0.15, 0.2) is 36.8 Å². The van der Waals surface area contributed by atoms with Crippen LogP contribution < -0.4 is 16.8 Å². The molecule has 0 atom stereocenters. The van der Waals surface area contributed by atoms with Crippen molar-refractivity contribution in [2.75, 3.05) is 26.2 Å². The van der Waals surface area contributed by atoms with E-state index in [0.717, 1.165) is 25.3 Å². The van der Waals surface area contributed by atoms with E-state index in [1.807, 2.05) is 30.6 Å². The molecule has 0 bridgehead atoms. The first kappa shape index (κ1) is 13.5. The van der Waals surface area contributed by atoms with E-state index in [4.69, 9.17) is 11.5 Å². The molecule has 0 radical (unpaired) electrons. The van der Waals surface area contributed by atoms with Gasteiger partial charge in [-0.2, -0.15) is 0 Å². The Morgan fingerprint density at radius 1 is 1.24 bits per heavy atom. The lowest BCUT2D eigenvalue weighted by Crippen LogP contribution is -2.30. The summed E-state index contributed by atoms with van der Waals surface area (Å²) in [5.74, 6) is 0. The maximum absolute atomic E-state index is 5.51. The summed E-state index contributed by atoms with van der Waals surface area (Å²) in [4.78, 5) is 6.31. The minimum absolute atomic E-state index is 0.630. The summed E-state index contributed by atoms with van der Waals surface area (Å²) in [7, 11) is 0. The zero-order valence-corrected chi connectivity index (χ0v) is 10.0. The van der Waals surface area contributed by atoms with Gasteiger partial charge in [0.1, 0.15) is 0 Å². The van der Waals surface area contributed by atoms with E-state index >= 15 is 0 Å². The number of nitrogens with zero attached hydrogens (tertiary/aromatic N) is 2. The van der Waals surface area contributed by atoms with E-state index in [2.05, 4.69) is 15.2 Å². The van der Waals surface area contributed by atoms with Crippen molar-refractivity contribution >= 4 is 0 Å². The average Bonchev–Trinajstić information content (AvgIpc) is 2.36. The quantitative estimate of drug-likeness (QED) is 0.584. The van der Waals surface area contributed by atoms with Crippen LogP contribution in [0.25, 0.3) is 0 Å². The molecule has 0 aromatic carbocycles. The molecule has 1 heterocycles. The van der Waals surface area contributed by atoms with Gasteiger partial charge in [0.05, 0.1) is 12.2 Å². The molecule has 0 fully saturated rings. The van der Waals surface area contributed by atoms with Crippen molar-refractivity contribution in [3.8, 4) is 0 Å². The standard InChI is InChI=1S/C12H21N5/c13-4-8-17(9-5-14)10-7-15-11-12-3-1-2-6-16-12/h1-3,6-7,10,15H,4-5,8-9,11,13-14H2. The van der Waals surface area contributed by atoms with Gasteiger partial charge in [0.2, 0.25) is 0 Å². The van der Waals surface area contributed by atoms with Gasteiger partial charge in [-0.15, -0.1) is 0 Å². The molecule has 0 saturated heterocycles. The number of nitrogens with two attached hydrogens (primary N) is 2. The van der Waals surface area contributed by atoms with Crippen molar-refractivity contribution in [3.05, 3.63) is 42.5 Å². The number of rotatable bonds is 8. The fourth-order valence-electron chi connectivity index (χ4n) is 1.42. The molecule has 0 spiro atoms. The third-order valence-corrected chi connectivity index (χ3v) is 2.25. The van der Waals surface area contributed by atoms with Crippen LogP contribution in [0.1, 0.15) is 5.69 Å². The SMILES string of the molecule is NCCN(C=CNCc1ccccn1)CCN. The molecule has 0 amide bonds. The van der Waals surface area contributed by atoms with Crippen molar-refractivity contribution in [2.24, 2.45) is 11.5 Å². The number of hydrogen-bond acceptors (Lipinski definition) is 5. The highest BCUT2D eigenvalue weighted by Gasteiger charge is 1.94. The fraction of sp³-hybridized carbons (Fsp3) is 0.417. The zero-order valence-electron chi connectivity index (χ0n) is 10.0. The second-order valence-corrected chi connectivity index (χ2v) is 3.63. The Bertz CT molecular complexity index is 306. The molecule has 1 aromatic rings. The molecule has 0 saturated carbocycles. The van der Waals surface area contributed by atoms with Crippen molar-refractivity contribution in [3.63, 3.8) is 0 Å². The molecule has 17 heavy (non-hydrogen) atoms. The molecule has 5 N–H and O–H groups in total. The summed E-state index contributed by atoms with van der Waals surface area (Å²) in [6.45, 7) is 3.61. The Labute approximate surface area is 103 Å². The van der Waals surface area contributed by atoms with E-state index in [1.54, 1.807) is 6.20 Å². The van der Waals surface area contributed by atoms with Crippen LogP contribution in [0.4, 0.5) is 0 Å². The predicted octanol–water partition coefficient (Wildman–Crippen LogP) is -0.138. The van der Waals surface area contributed by atoms with Crippen LogP contribution >= 0.6 is 0 Å². The molecule has 5 heteroatoms. The number of pyridine rings is 1. The van der Waals surface area contributed by atoms with Gasteiger partial charge in [0, 0.05) is 44.8 Å². The van der Waals surface area contributed by atoms with E-state index in [9.17, 15) is 0 Å². The summed E-state index contributed by atoms with van der Waals surface area (Å²) < 4.78 is 0. The van der Waals surface area contributed by atoms with Crippen LogP contribution in [-0.2, 0) is 6.54 Å². The van der Waals surface area contributed by atoms with Crippen LogP contribution in [-0.4, -0.2) is 36.1 Å². The molecular weight excluding hydrogens is 214 g/mol. The lowest BCUT2D eigenvalue weighted by atomic mass is 10.3. The highest BCUT2D eigenvalue weighted by atomic mass is 15.1. The zero-order chi connectivity index (χ0) is 12.3. The summed E-state index contributed by atoms with van der Waals surface area (Å²) >= 11 is 0. The van der Waals surface area contributed by atoms with Crippen molar-refractivity contribution in [2.45, 2.75) is 6.54 Å². The molecular formula is C12H21N5. The normalized spacial score (nSPS) is 10.7. The molecule has 1 rings (SSSR count). The lowest BCUT2D eigenvalue weighted by molar-refractivity contribution is 0.393. The van der Waals surface area contributed by atoms with Crippen LogP contribution in [0, 0.1) is 0 Å². The Morgan fingerprint density at radius 2 is 2.00 bits per heavy atom. The first-order valence-electron chi connectivity index (χ1n) is 5.81. The molecule has 94 valence electrons. The van der Waals surface area contributed by atoms with Gasteiger partial charge in [-0.25, -0.2) is 0 Å². The second-order valence-electron chi connectivity index (χ2n) is 3.63. The smallest absolute Gasteiger partial charge is 0.0594 e. The van der Waals surface area contributed by atoms with Gasteiger partial charge in [0.15, 0.2) is 0 Å². The highest BCUT2D eigenvalue weighted by Crippen LogP contribution is 1.92. The van der Waals surface area contributed by atoms with Crippen LogP contribution in [0.3, 0.4) is 0 Å². The predicted molar refractivity (Wildman–Crippen MR) is 69.9 cm³/mol. The average molecular weight is 235 g/mol. The number of hydrogen-bond donors (Lipinski definition) is 3. The molecule has 0 aliphatic rings. The summed E-state index contributed by atoms with van der Waals surface area (Å²) in [5, 5.41) is 3.18. The molecule has 0 aliphatic carbocycles. The maximum atomic E-state index is 5.51. The first-order chi connectivity index (χ1) is 8.36. The lowest BCUT2D eigenvalue weighted by Gasteiger charge is -2.18. The maximum Gasteiger partial charge on any atom is 0.0594 e. The van der Waals surface area contributed by atoms with Gasteiger partial charge in [-0.05, 0) is 12.1 Å². The first-order valence-corrected chi connectivity index (χ1v) is 5.81. The minimum atomic E-state index is 0.630. The van der Waals surface area contributed by atoms with E-state index in [0.29, 0.717) is 13.1 Å². The second kappa shape index (κ2) is 8.55. The summed E-state index contributed by atoms with van der Waals surface area (Å²) in [5.41, 5.74) is 12.0. The van der Waals surface area contributed by atoms with Gasteiger partial charge in [0.25, 0.3) is 0 Å². The van der Waals surface area contributed by atoms with Gasteiger partial charge in [-0.1, -0.05) is 6.07 Å². The Balaban J connectivity index is 2.28. The van der Waals surface area contributed by atoms with E-state index in [-0.39, 0.29) is 0 Å². The Morgan fingerprint density at radius 3 is 2.59 bits per heavy atom. The third-order valence-electron chi connectivity index (χ3n) is 2.25. The monoisotopic (exact) mass is 235 g/mol. The van der Waals surface area contributed by atoms with Crippen LogP contribution in [0.5, 0.6) is 0 Å². The van der Waals surface area contributed by atoms with Gasteiger partial charge in [-0.3, -0.25) is 4.98 Å². The van der Waals surface area contributed by atoms with Gasteiger partial charge >= 0.3 is 0 Å². The Kier molecular flexibility index (Phi) is 6.78.